The van der Waals surface area contributed by atoms with Gasteiger partial charge in [0, 0.05) is 22.5 Å². The Hall–Kier alpha value is -0.230. The number of hydrogen-bond acceptors (Lipinski definition) is 3. The molecule has 0 saturated heterocycles. The van der Waals surface area contributed by atoms with E-state index in [0.717, 1.165) is 22.5 Å². The molecule has 1 amide bonds. The molecular formula is C13H20BrClN2OS. The van der Waals surface area contributed by atoms with Gasteiger partial charge in [-0.2, -0.15) is 0 Å². The Kier molecular flexibility index (Phi) is 10.4. The second-order valence-electron chi connectivity index (χ2n) is 3.90. The number of benzene rings is 1. The van der Waals surface area contributed by atoms with Crippen LogP contribution in [0.15, 0.2) is 27.6 Å². The van der Waals surface area contributed by atoms with E-state index >= 15 is 0 Å². The number of likely N-dealkylation sites (N-methyl/N-ethyl adjacent to an activating group) is 1. The molecule has 0 aliphatic heterocycles. The second kappa shape index (κ2) is 10.5. The van der Waals surface area contributed by atoms with Gasteiger partial charge in [-0.15, -0.1) is 24.2 Å². The van der Waals surface area contributed by atoms with Crippen molar-refractivity contribution in [2.45, 2.75) is 18.7 Å². The van der Waals surface area contributed by atoms with Crippen LogP contribution in [0.1, 0.15) is 12.5 Å². The van der Waals surface area contributed by atoms with Gasteiger partial charge in [0.2, 0.25) is 5.91 Å². The van der Waals surface area contributed by atoms with Crippen LogP contribution < -0.4 is 10.6 Å². The smallest absolute Gasteiger partial charge is 0.230 e. The van der Waals surface area contributed by atoms with E-state index in [1.54, 1.807) is 11.8 Å². The van der Waals surface area contributed by atoms with E-state index in [1.807, 2.05) is 19.1 Å². The zero-order valence-electron chi connectivity index (χ0n) is 11.2. The van der Waals surface area contributed by atoms with Gasteiger partial charge < -0.3 is 10.6 Å². The molecule has 0 heterocycles. The number of nitrogens with one attached hydrogen (secondary N) is 2. The molecule has 3 nitrogen and oxygen atoms in total. The molecule has 0 aliphatic rings. The van der Waals surface area contributed by atoms with Gasteiger partial charge in [0.15, 0.2) is 0 Å². The fraction of sp³-hybridized carbons (Fsp3) is 0.462. The third-order valence-electron chi connectivity index (χ3n) is 2.37. The molecule has 0 aromatic heterocycles. The normalized spacial score (nSPS) is 9.84. The molecule has 19 heavy (non-hydrogen) atoms. The summed E-state index contributed by atoms with van der Waals surface area (Å²) in [5.41, 5.74) is 1.19. The zero-order chi connectivity index (χ0) is 13.4. The Morgan fingerprint density at radius 2 is 2.11 bits per heavy atom. The first-order valence-corrected chi connectivity index (χ1v) is 7.77. The maximum atomic E-state index is 11.6. The van der Waals surface area contributed by atoms with E-state index in [4.69, 9.17) is 0 Å². The number of rotatable bonds is 7. The Morgan fingerprint density at radius 3 is 2.74 bits per heavy atom. The number of carbonyl (C=O) groups excluding carboxylic acids is 1. The van der Waals surface area contributed by atoms with Crippen molar-refractivity contribution in [2.75, 3.05) is 25.4 Å². The van der Waals surface area contributed by atoms with Crippen molar-refractivity contribution in [3.8, 4) is 0 Å². The van der Waals surface area contributed by atoms with Crippen molar-refractivity contribution >= 4 is 46.0 Å². The lowest BCUT2D eigenvalue weighted by Gasteiger charge is -2.07. The first-order valence-electron chi connectivity index (χ1n) is 6.00. The highest BCUT2D eigenvalue weighted by atomic mass is 79.9. The zero-order valence-corrected chi connectivity index (χ0v) is 14.4. The van der Waals surface area contributed by atoms with Crippen LogP contribution in [-0.4, -0.2) is 31.3 Å². The van der Waals surface area contributed by atoms with Crippen LogP contribution >= 0.6 is 40.1 Å². The number of thioether (sulfide) groups is 1. The monoisotopic (exact) mass is 366 g/mol. The highest BCUT2D eigenvalue weighted by molar-refractivity contribution is 9.10. The Labute approximate surface area is 133 Å². The molecule has 0 saturated carbocycles. The number of amides is 1. The van der Waals surface area contributed by atoms with Gasteiger partial charge in [0.25, 0.3) is 0 Å². The largest absolute Gasteiger partial charge is 0.354 e. The summed E-state index contributed by atoms with van der Waals surface area (Å²) >= 11 is 5.00. The molecule has 0 radical (unpaired) electrons. The summed E-state index contributed by atoms with van der Waals surface area (Å²) in [5, 5.41) is 6.05. The van der Waals surface area contributed by atoms with E-state index in [-0.39, 0.29) is 18.3 Å². The maximum Gasteiger partial charge on any atom is 0.230 e. The van der Waals surface area contributed by atoms with Crippen molar-refractivity contribution in [3.63, 3.8) is 0 Å². The van der Waals surface area contributed by atoms with E-state index < -0.39 is 0 Å². The average Bonchev–Trinajstić information content (AvgIpc) is 2.33. The van der Waals surface area contributed by atoms with Crippen LogP contribution in [0.2, 0.25) is 0 Å². The molecule has 108 valence electrons. The lowest BCUT2D eigenvalue weighted by atomic mass is 10.2. The minimum atomic E-state index is 0. The molecule has 1 aromatic carbocycles. The third-order valence-corrected chi connectivity index (χ3v) is 4.04. The average molecular weight is 368 g/mol. The molecule has 0 aliphatic carbocycles. The maximum absolute atomic E-state index is 11.6. The summed E-state index contributed by atoms with van der Waals surface area (Å²) < 4.78 is 1.07. The van der Waals surface area contributed by atoms with Crippen molar-refractivity contribution < 1.29 is 4.79 Å². The minimum absolute atomic E-state index is 0. The Bertz CT molecular complexity index is 404. The highest BCUT2D eigenvalue weighted by Gasteiger charge is 2.04. The van der Waals surface area contributed by atoms with E-state index in [1.165, 1.54) is 5.56 Å². The number of aryl methyl sites for hydroxylation is 1. The molecule has 1 rings (SSSR count). The van der Waals surface area contributed by atoms with E-state index in [0.29, 0.717) is 12.3 Å². The summed E-state index contributed by atoms with van der Waals surface area (Å²) in [5.74, 6) is 0.550. The van der Waals surface area contributed by atoms with Crippen molar-refractivity contribution in [3.05, 3.63) is 28.2 Å². The lowest BCUT2D eigenvalue weighted by molar-refractivity contribution is -0.118. The standard InChI is InChI=1S/C13H19BrN2OS.ClH/c1-3-15-6-7-16-13(17)9-18-12-5-4-11(14)8-10(12)2;/h4-5,8,15H,3,6-7,9H2,1-2H3,(H,16,17);1H. The van der Waals surface area contributed by atoms with Crippen LogP contribution in [0, 0.1) is 6.92 Å². The molecule has 0 unspecified atom stereocenters. The molecule has 0 bridgehead atoms. The SMILES string of the molecule is CCNCCNC(=O)CSc1ccc(Br)cc1C.Cl. The van der Waals surface area contributed by atoms with Crippen LogP contribution in [0.25, 0.3) is 0 Å². The van der Waals surface area contributed by atoms with Gasteiger partial charge in [-0.25, -0.2) is 0 Å². The highest BCUT2D eigenvalue weighted by Crippen LogP contribution is 2.24. The molecule has 2 N–H and O–H groups in total. The van der Waals surface area contributed by atoms with Gasteiger partial charge in [-0.05, 0) is 37.2 Å². The molecule has 0 spiro atoms. The summed E-state index contributed by atoms with van der Waals surface area (Å²) in [7, 11) is 0. The predicted octanol–water partition coefficient (Wildman–Crippen LogP) is 3.00. The number of carbonyl (C=O) groups is 1. The first kappa shape index (κ1) is 18.8. The molecular weight excluding hydrogens is 348 g/mol. The lowest BCUT2D eigenvalue weighted by Crippen LogP contribution is -2.32. The number of hydrogen-bond donors (Lipinski definition) is 2. The molecule has 6 heteroatoms. The van der Waals surface area contributed by atoms with Crippen LogP contribution in [0.4, 0.5) is 0 Å². The van der Waals surface area contributed by atoms with E-state index in [9.17, 15) is 4.79 Å². The van der Waals surface area contributed by atoms with Crippen molar-refractivity contribution in [1.82, 2.24) is 10.6 Å². The fourth-order valence-electron chi connectivity index (χ4n) is 1.44. The third kappa shape index (κ3) is 7.82. The molecule has 0 fully saturated rings. The van der Waals surface area contributed by atoms with Crippen LogP contribution in [0.3, 0.4) is 0 Å². The second-order valence-corrected chi connectivity index (χ2v) is 5.83. The summed E-state index contributed by atoms with van der Waals surface area (Å²) in [6.07, 6.45) is 0. The first-order chi connectivity index (χ1) is 8.63. The summed E-state index contributed by atoms with van der Waals surface area (Å²) in [4.78, 5) is 12.7. The fourth-order valence-corrected chi connectivity index (χ4v) is 2.75. The van der Waals surface area contributed by atoms with Crippen LogP contribution in [-0.2, 0) is 4.79 Å². The van der Waals surface area contributed by atoms with Gasteiger partial charge in [-0.1, -0.05) is 22.9 Å². The van der Waals surface area contributed by atoms with Gasteiger partial charge in [-0.3, -0.25) is 4.79 Å². The molecule has 1 aromatic rings. The summed E-state index contributed by atoms with van der Waals surface area (Å²) in [6.45, 7) is 6.55. The van der Waals surface area contributed by atoms with E-state index in [2.05, 4.69) is 39.6 Å². The summed E-state index contributed by atoms with van der Waals surface area (Å²) in [6, 6.07) is 6.10. The quantitative estimate of drug-likeness (QED) is 0.575. The van der Waals surface area contributed by atoms with Crippen molar-refractivity contribution in [1.29, 1.82) is 0 Å². The van der Waals surface area contributed by atoms with Gasteiger partial charge >= 0.3 is 0 Å². The Morgan fingerprint density at radius 1 is 1.37 bits per heavy atom. The molecule has 0 atom stereocenters. The topological polar surface area (TPSA) is 41.1 Å². The number of halogens is 2. The van der Waals surface area contributed by atoms with Crippen molar-refractivity contribution in [2.24, 2.45) is 0 Å². The van der Waals surface area contributed by atoms with Gasteiger partial charge in [0.1, 0.15) is 0 Å². The predicted molar refractivity (Wildman–Crippen MR) is 88.4 cm³/mol. The Balaban J connectivity index is 0.00000324. The van der Waals surface area contributed by atoms with Gasteiger partial charge in [0.05, 0.1) is 5.75 Å². The van der Waals surface area contributed by atoms with Crippen LogP contribution in [0.5, 0.6) is 0 Å². The minimum Gasteiger partial charge on any atom is -0.354 e.